The molecule has 0 atom stereocenters. The molecule has 1 rings (SSSR count). The summed E-state index contributed by atoms with van der Waals surface area (Å²) in [5, 5.41) is 2.00. The maximum Gasteiger partial charge on any atom is 0.137 e. The van der Waals surface area contributed by atoms with Crippen LogP contribution in [-0.4, -0.2) is 6.61 Å². The van der Waals surface area contributed by atoms with E-state index in [2.05, 4.69) is 6.58 Å². The van der Waals surface area contributed by atoms with Crippen molar-refractivity contribution in [3.8, 4) is 5.75 Å². The third-order valence-electron chi connectivity index (χ3n) is 1.14. The van der Waals surface area contributed by atoms with E-state index in [0.717, 1.165) is 17.2 Å². The number of rotatable bonds is 3. The molecule has 1 heterocycles. The van der Waals surface area contributed by atoms with Crippen molar-refractivity contribution in [2.24, 2.45) is 0 Å². The van der Waals surface area contributed by atoms with Crippen molar-refractivity contribution < 1.29 is 4.74 Å². The van der Waals surface area contributed by atoms with E-state index in [4.69, 9.17) is 4.74 Å². The predicted molar refractivity (Wildman–Crippen MR) is 45.6 cm³/mol. The molecule has 0 saturated heterocycles. The van der Waals surface area contributed by atoms with E-state index in [-0.39, 0.29) is 0 Å². The number of hydrogen-bond acceptors (Lipinski definition) is 2. The largest absolute Gasteiger partial charge is 0.492 e. The first-order chi connectivity index (χ1) is 4.88. The average Bonchev–Trinajstić information content (AvgIpc) is 2.36. The van der Waals surface area contributed by atoms with Crippen molar-refractivity contribution in [3.05, 3.63) is 22.9 Å². The van der Waals surface area contributed by atoms with Gasteiger partial charge in [-0.1, -0.05) is 6.58 Å². The Kier molecular flexibility index (Phi) is 2.51. The highest BCUT2D eigenvalue weighted by Gasteiger charge is 1.98. The minimum atomic E-state index is 0.720. The molecule has 0 aliphatic heterocycles. The van der Waals surface area contributed by atoms with Gasteiger partial charge in [0.15, 0.2) is 0 Å². The van der Waals surface area contributed by atoms with Crippen molar-refractivity contribution in [1.29, 1.82) is 0 Å². The minimum Gasteiger partial charge on any atom is -0.492 e. The van der Waals surface area contributed by atoms with Gasteiger partial charge in [0.05, 0.1) is 11.5 Å². The second-order valence-corrected chi connectivity index (χ2v) is 2.73. The van der Waals surface area contributed by atoms with Crippen LogP contribution in [0.5, 0.6) is 5.75 Å². The maximum absolute atomic E-state index is 5.31. The second kappa shape index (κ2) is 3.42. The molecule has 0 fully saturated rings. The molecule has 0 bridgehead atoms. The van der Waals surface area contributed by atoms with Gasteiger partial charge in [-0.25, -0.2) is 0 Å². The molecule has 0 aromatic carbocycles. The molecular weight excluding hydrogens is 144 g/mol. The van der Waals surface area contributed by atoms with E-state index in [1.807, 2.05) is 24.4 Å². The van der Waals surface area contributed by atoms with Crippen LogP contribution in [0.3, 0.4) is 0 Å². The van der Waals surface area contributed by atoms with Gasteiger partial charge in [-0.2, -0.15) is 0 Å². The molecule has 0 aliphatic rings. The Labute approximate surface area is 65.0 Å². The van der Waals surface area contributed by atoms with Crippen molar-refractivity contribution in [2.75, 3.05) is 6.61 Å². The first-order valence-electron chi connectivity index (χ1n) is 3.21. The highest BCUT2D eigenvalue weighted by Crippen LogP contribution is 2.25. The van der Waals surface area contributed by atoms with Gasteiger partial charge in [0.25, 0.3) is 0 Å². The molecule has 0 aliphatic carbocycles. The Bertz CT molecular complexity index is 215. The fraction of sp³-hybridized carbons (Fsp3) is 0.250. The molecule has 54 valence electrons. The first kappa shape index (κ1) is 7.35. The average molecular weight is 154 g/mol. The third-order valence-corrected chi connectivity index (χ3v) is 2.04. The number of hydrogen-bond donors (Lipinski definition) is 0. The summed E-state index contributed by atoms with van der Waals surface area (Å²) in [5.74, 6) is 0.947. The summed E-state index contributed by atoms with van der Waals surface area (Å²) in [6.07, 6.45) is 1.82. The van der Waals surface area contributed by atoms with Crippen LogP contribution < -0.4 is 4.74 Å². The van der Waals surface area contributed by atoms with Crippen molar-refractivity contribution in [2.45, 2.75) is 6.92 Å². The monoisotopic (exact) mass is 154 g/mol. The molecule has 2 heteroatoms. The second-order valence-electron chi connectivity index (χ2n) is 1.79. The molecule has 0 amide bonds. The zero-order valence-corrected chi connectivity index (χ0v) is 6.78. The Morgan fingerprint density at radius 3 is 3.20 bits per heavy atom. The molecule has 0 spiro atoms. The standard InChI is InChI=1S/C8H10OS/c1-3-8-7(9-4-2)5-6-10-8/h3,5-6H,1,4H2,2H3. The van der Waals surface area contributed by atoms with Gasteiger partial charge in [-0.05, 0) is 24.4 Å². The SMILES string of the molecule is C=Cc1sccc1OCC. The fourth-order valence-corrected chi connectivity index (χ4v) is 1.41. The van der Waals surface area contributed by atoms with Crippen LogP contribution >= 0.6 is 11.3 Å². The van der Waals surface area contributed by atoms with E-state index in [1.165, 1.54) is 0 Å². The molecule has 0 N–H and O–H groups in total. The summed E-state index contributed by atoms with van der Waals surface area (Å²) in [7, 11) is 0. The number of thiophene rings is 1. The summed E-state index contributed by atoms with van der Waals surface area (Å²) in [6, 6.07) is 1.96. The van der Waals surface area contributed by atoms with Crippen molar-refractivity contribution in [3.63, 3.8) is 0 Å². The van der Waals surface area contributed by atoms with E-state index in [0.29, 0.717) is 0 Å². The van der Waals surface area contributed by atoms with E-state index < -0.39 is 0 Å². The fourth-order valence-electron chi connectivity index (χ4n) is 0.733. The van der Waals surface area contributed by atoms with Crippen LogP contribution in [0.25, 0.3) is 6.08 Å². The Hall–Kier alpha value is -0.760. The quantitative estimate of drug-likeness (QED) is 0.650. The smallest absolute Gasteiger partial charge is 0.137 e. The third kappa shape index (κ3) is 1.39. The minimum absolute atomic E-state index is 0.720. The van der Waals surface area contributed by atoms with Gasteiger partial charge in [0, 0.05) is 0 Å². The van der Waals surface area contributed by atoms with Crippen LogP contribution in [0, 0.1) is 0 Å². The van der Waals surface area contributed by atoms with Crippen LogP contribution in [0.2, 0.25) is 0 Å². The van der Waals surface area contributed by atoms with Gasteiger partial charge in [-0.15, -0.1) is 11.3 Å². The van der Waals surface area contributed by atoms with Gasteiger partial charge in [-0.3, -0.25) is 0 Å². The number of ether oxygens (including phenoxy) is 1. The lowest BCUT2D eigenvalue weighted by Gasteiger charge is -1.98. The summed E-state index contributed by atoms with van der Waals surface area (Å²) >= 11 is 1.65. The van der Waals surface area contributed by atoms with Crippen LogP contribution in [0.15, 0.2) is 18.0 Å². The molecule has 1 aromatic rings. The zero-order valence-electron chi connectivity index (χ0n) is 5.96. The normalized spacial score (nSPS) is 9.30. The molecule has 0 unspecified atom stereocenters. The first-order valence-corrected chi connectivity index (χ1v) is 4.09. The zero-order chi connectivity index (χ0) is 7.40. The summed E-state index contributed by atoms with van der Waals surface area (Å²) < 4.78 is 5.31. The van der Waals surface area contributed by atoms with E-state index in [1.54, 1.807) is 11.3 Å². The summed E-state index contributed by atoms with van der Waals surface area (Å²) in [6.45, 7) is 6.37. The summed E-state index contributed by atoms with van der Waals surface area (Å²) in [5.41, 5.74) is 0. The molecular formula is C8H10OS. The molecule has 0 radical (unpaired) electrons. The Balaban J connectivity index is 2.79. The van der Waals surface area contributed by atoms with Gasteiger partial charge < -0.3 is 4.74 Å². The van der Waals surface area contributed by atoms with E-state index in [9.17, 15) is 0 Å². The maximum atomic E-state index is 5.31. The summed E-state index contributed by atoms with van der Waals surface area (Å²) in [4.78, 5) is 1.11. The Morgan fingerprint density at radius 2 is 2.60 bits per heavy atom. The molecule has 1 aromatic heterocycles. The lowest BCUT2D eigenvalue weighted by Crippen LogP contribution is -1.89. The predicted octanol–water partition coefficient (Wildman–Crippen LogP) is 2.79. The van der Waals surface area contributed by atoms with Crippen molar-refractivity contribution >= 4 is 17.4 Å². The van der Waals surface area contributed by atoms with E-state index >= 15 is 0 Å². The highest BCUT2D eigenvalue weighted by atomic mass is 32.1. The lowest BCUT2D eigenvalue weighted by atomic mass is 10.4. The van der Waals surface area contributed by atoms with Crippen LogP contribution in [0.4, 0.5) is 0 Å². The van der Waals surface area contributed by atoms with Gasteiger partial charge >= 0.3 is 0 Å². The molecule has 1 nitrogen and oxygen atoms in total. The van der Waals surface area contributed by atoms with Gasteiger partial charge in [0.1, 0.15) is 5.75 Å². The molecule has 0 saturated carbocycles. The van der Waals surface area contributed by atoms with Crippen molar-refractivity contribution in [1.82, 2.24) is 0 Å². The molecule has 10 heavy (non-hydrogen) atoms. The van der Waals surface area contributed by atoms with Crippen LogP contribution in [-0.2, 0) is 0 Å². The Morgan fingerprint density at radius 1 is 1.80 bits per heavy atom. The highest BCUT2D eigenvalue weighted by molar-refractivity contribution is 7.11. The van der Waals surface area contributed by atoms with Gasteiger partial charge in [0.2, 0.25) is 0 Å². The van der Waals surface area contributed by atoms with Crippen LogP contribution in [0.1, 0.15) is 11.8 Å². The lowest BCUT2D eigenvalue weighted by molar-refractivity contribution is 0.341. The topological polar surface area (TPSA) is 9.23 Å².